The Morgan fingerprint density at radius 2 is 1.80 bits per heavy atom. The standard InChI is InChI=1S/C15H8Cl3NS/c16-10-7-9(15(18)11(17)8-10)5-6-14-19-12-3-1-2-4-13(12)20-14/h1-8H/b6-5+. The summed E-state index contributed by atoms with van der Waals surface area (Å²) in [6.07, 6.45) is 3.79. The summed E-state index contributed by atoms with van der Waals surface area (Å²) in [5.74, 6) is 0. The van der Waals surface area contributed by atoms with E-state index in [0.29, 0.717) is 15.1 Å². The molecule has 5 heteroatoms. The van der Waals surface area contributed by atoms with Gasteiger partial charge in [-0.05, 0) is 35.9 Å². The van der Waals surface area contributed by atoms with Crippen LogP contribution in [0.15, 0.2) is 36.4 Å². The molecule has 1 heterocycles. The molecule has 0 saturated heterocycles. The van der Waals surface area contributed by atoms with E-state index >= 15 is 0 Å². The van der Waals surface area contributed by atoms with E-state index in [-0.39, 0.29) is 0 Å². The van der Waals surface area contributed by atoms with Gasteiger partial charge in [-0.3, -0.25) is 0 Å². The average Bonchev–Trinajstić information content (AvgIpc) is 2.84. The van der Waals surface area contributed by atoms with Crippen LogP contribution in [-0.4, -0.2) is 4.98 Å². The zero-order valence-corrected chi connectivity index (χ0v) is 13.2. The molecule has 0 aliphatic heterocycles. The van der Waals surface area contributed by atoms with Gasteiger partial charge in [0.2, 0.25) is 0 Å². The molecule has 0 N–H and O–H groups in total. The monoisotopic (exact) mass is 339 g/mol. The quantitative estimate of drug-likeness (QED) is 0.490. The Morgan fingerprint density at radius 3 is 2.60 bits per heavy atom. The van der Waals surface area contributed by atoms with Crippen LogP contribution in [0.3, 0.4) is 0 Å². The first-order chi connectivity index (χ1) is 9.63. The molecule has 1 nitrogen and oxygen atoms in total. The Bertz CT molecular complexity index is 775. The van der Waals surface area contributed by atoms with Gasteiger partial charge in [-0.25, -0.2) is 4.98 Å². The minimum atomic E-state index is 0.447. The summed E-state index contributed by atoms with van der Waals surface area (Å²) in [6, 6.07) is 11.4. The van der Waals surface area contributed by atoms with Gasteiger partial charge in [0.15, 0.2) is 0 Å². The molecule has 0 aliphatic rings. The van der Waals surface area contributed by atoms with Crippen LogP contribution in [0.5, 0.6) is 0 Å². The van der Waals surface area contributed by atoms with Gasteiger partial charge < -0.3 is 0 Å². The summed E-state index contributed by atoms with van der Waals surface area (Å²) in [5.41, 5.74) is 1.77. The Balaban J connectivity index is 1.98. The number of fused-ring (bicyclic) bond motifs is 1. The van der Waals surface area contributed by atoms with Gasteiger partial charge in [0.05, 0.1) is 20.3 Å². The summed E-state index contributed by atoms with van der Waals surface area (Å²) in [6.45, 7) is 0. The van der Waals surface area contributed by atoms with Crippen LogP contribution in [0.1, 0.15) is 10.6 Å². The predicted molar refractivity (Wildman–Crippen MR) is 90.0 cm³/mol. The van der Waals surface area contributed by atoms with E-state index in [1.165, 1.54) is 0 Å². The molecule has 1 aromatic heterocycles. The van der Waals surface area contributed by atoms with Crippen molar-refractivity contribution in [1.82, 2.24) is 4.98 Å². The number of nitrogens with zero attached hydrogens (tertiary/aromatic N) is 1. The third-order valence-electron chi connectivity index (χ3n) is 2.74. The van der Waals surface area contributed by atoms with E-state index in [9.17, 15) is 0 Å². The first-order valence-electron chi connectivity index (χ1n) is 5.82. The summed E-state index contributed by atoms with van der Waals surface area (Å²) < 4.78 is 1.15. The molecule has 0 amide bonds. The lowest BCUT2D eigenvalue weighted by Gasteiger charge is -2.01. The van der Waals surface area contributed by atoms with E-state index in [4.69, 9.17) is 34.8 Å². The van der Waals surface area contributed by atoms with Crippen LogP contribution >= 0.6 is 46.1 Å². The van der Waals surface area contributed by atoms with E-state index in [0.717, 1.165) is 20.8 Å². The molecule has 0 unspecified atom stereocenters. The van der Waals surface area contributed by atoms with E-state index < -0.39 is 0 Å². The largest absolute Gasteiger partial charge is 0.237 e. The molecule has 2 aromatic carbocycles. The number of benzene rings is 2. The molecule has 20 heavy (non-hydrogen) atoms. The Morgan fingerprint density at radius 1 is 1.00 bits per heavy atom. The molecule has 100 valence electrons. The van der Waals surface area contributed by atoms with Gasteiger partial charge in [-0.15, -0.1) is 11.3 Å². The van der Waals surface area contributed by atoms with E-state index in [1.54, 1.807) is 23.5 Å². The Hall–Kier alpha value is -1.06. The lowest BCUT2D eigenvalue weighted by Crippen LogP contribution is -1.78. The molecule has 0 saturated carbocycles. The second-order valence-corrected chi connectivity index (χ2v) is 6.43. The van der Waals surface area contributed by atoms with Crippen molar-refractivity contribution in [3.8, 4) is 0 Å². The smallest absolute Gasteiger partial charge is 0.117 e. The number of para-hydroxylation sites is 1. The lowest BCUT2D eigenvalue weighted by molar-refractivity contribution is 1.46. The molecule has 3 aromatic rings. The molecule has 0 fully saturated rings. The maximum atomic E-state index is 6.15. The minimum absolute atomic E-state index is 0.447. The third kappa shape index (κ3) is 2.84. The second-order valence-electron chi connectivity index (χ2n) is 4.14. The SMILES string of the molecule is Clc1cc(Cl)c(Cl)c(/C=C/c2nc3ccccc3s2)c1. The second kappa shape index (κ2) is 5.74. The van der Waals surface area contributed by atoms with Gasteiger partial charge in [-0.2, -0.15) is 0 Å². The zero-order valence-electron chi connectivity index (χ0n) is 10.1. The number of halogens is 3. The van der Waals surface area contributed by atoms with Gasteiger partial charge >= 0.3 is 0 Å². The Kier molecular flexibility index (Phi) is 3.99. The fourth-order valence-corrected chi connectivity index (χ4v) is 3.37. The third-order valence-corrected chi connectivity index (χ3v) is 4.77. The van der Waals surface area contributed by atoms with Crippen LogP contribution in [-0.2, 0) is 0 Å². The highest BCUT2D eigenvalue weighted by molar-refractivity contribution is 7.19. The number of hydrogen-bond donors (Lipinski definition) is 0. The van der Waals surface area contributed by atoms with E-state index in [1.807, 2.05) is 36.4 Å². The average molecular weight is 341 g/mol. The fourth-order valence-electron chi connectivity index (χ4n) is 1.82. The molecule has 0 radical (unpaired) electrons. The summed E-state index contributed by atoms with van der Waals surface area (Å²) in [7, 11) is 0. The highest BCUT2D eigenvalue weighted by Gasteiger charge is 2.05. The molecule has 0 bridgehead atoms. The van der Waals surface area contributed by atoms with Crippen molar-refractivity contribution in [2.24, 2.45) is 0 Å². The van der Waals surface area contributed by atoms with Crippen molar-refractivity contribution in [3.05, 3.63) is 62.0 Å². The molecule has 0 atom stereocenters. The highest BCUT2D eigenvalue weighted by Crippen LogP contribution is 2.31. The van der Waals surface area contributed by atoms with Gasteiger partial charge in [0.25, 0.3) is 0 Å². The minimum Gasteiger partial charge on any atom is -0.237 e. The summed E-state index contributed by atoms with van der Waals surface area (Å²) in [5, 5.41) is 2.42. The number of aromatic nitrogens is 1. The van der Waals surface area contributed by atoms with Crippen molar-refractivity contribution in [1.29, 1.82) is 0 Å². The van der Waals surface area contributed by atoms with Crippen molar-refractivity contribution in [2.45, 2.75) is 0 Å². The van der Waals surface area contributed by atoms with Gasteiger partial charge in [0.1, 0.15) is 5.01 Å². The van der Waals surface area contributed by atoms with Crippen molar-refractivity contribution < 1.29 is 0 Å². The molecule has 0 aliphatic carbocycles. The maximum Gasteiger partial charge on any atom is 0.117 e. The topological polar surface area (TPSA) is 12.9 Å². The predicted octanol–water partition coefficient (Wildman–Crippen LogP) is 6.43. The summed E-state index contributed by atoms with van der Waals surface area (Å²) >= 11 is 19.8. The van der Waals surface area contributed by atoms with Crippen LogP contribution in [0.2, 0.25) is 15.1 Å². The number of rotatable bonds is 2. The molecule has 0 spiro atoms. The molecular formula is C15H8Cl3NS. The number of hydrogen-bond acceptors (Lipinski definition) is 2. The summed E-state index contributed by atoms with van der Waals surface area (Å²) in [4.78, 5) is 4.52. The fraction of sp³-hybridized carbons (Fsp3) is 0. The Labute approximate surface area is 135 Å². The van der Waals surface area contributed by atoms with Crippen molar-refractivity contribution in [2.75, 3.05) is 0 Å². The number of thiazole rings is 1. The highest BCUT2D eigenvalue weighted by atomic mass is 35.5. The normalized spacial score (nSPS) is 11.6. The van der Waals surface area contributed by atoms with E-state index in [2.05, 4.69) is 4.98 Å². The van der Waals surface area contributed by atoms with Gasteiger partial charge in [-0.1, -0.05) is 53.0 Å². The lowest BCUT2D eigenvalue weighted by atomic mass is 10.2. The first-order valence-corrected chi connectivity index (χ1v) is 7.77. The van der Waals surface area contributed by atoms with Crippen LogP contribution < -0.4 is 0 Å². The molecule has 3 rings (SSSR count). The molecular weight excluding hydrogens is 333 g/mol. The van der Waals surface area contributed by atoms with Gasteiger partial charge in [0, 0.05) is 5.02 Å². The first kappa shape index (κ1) is 13.9. The van der Waals surface area contributed by atoms with Crippen LogP contribution in [0.25, 0.3) is 22.4 Å². The zero-order chi connectivity index (χ0) is 14.1. The van der Waals surface area contributed by atoms with Crippen LogP contribution in [0, 0.1) is 0 Å². The van der Waals surface area contributed by atoms with Crippen molar-refractivity contribution in [3.63, 3.8) is 0 Å². The van der Waals surface area contributed by atoms with Crippen molar-refractivity contribution >= 4 is 68.5 Å². The van der Waals surface area contributed by atoms with Crippen LogP contribution in [0.4, 0.5) is 0 Å². The maximum absolute atomic E-state index is 6.15.